The molecule has 2 aromatic rings. The zero-order chi connectivity index (χ0) is 13.9. The smallest absolute Gasteiger partial charge is 0.326 e. The average Bonchev–Trinajstić information content (AvgIpc) is 2.81. The van der Waals surface area contributed by atoms with E-state index < -0.39 is 11.7 Å². The lowest BCUT2D eigenvalue weighted by molar-refractivity contribution is -0.137. The van der Waals surface area contributed by atoms with E-state index in [0.29, 0.717) is 11.4 Å². The van der Waals surface area contributed by atoms with Gasteiger partial charge in [-0.05, 0) is 30.3 Å². The molecular formula is C12H10F3N3O. The van der Waals surface area contributed by atoms with Gasteiger partial charge >= 0.3 is 6.18 Å². The highest BCUT2D eigenvalue weighted by molar-refractivity contribution is 5.91. The van der Waals surface area contributed by atoms with Crippen LogP contribution in [0.15, 0.2) is 36.5 Å². The molecule has 1 aromatic heterocycles. The van der Waals surface area contributed by atoms with Crippen molar-refractivity contribution in [3.05, 3.63) is 47.8 Å². The molecule has 4 nitrogen and oxygen atoms in total. The molecule has 0 unspecified atom stereocenters. The monoisotopic (exact) mass is 269 g/mol. The minimum atomic E-state index is -4.38. The summed E-state index contributed by atoms with van der Waals surface area (Å²) in [7, 11) is 0. The molecule has 0 aliphatic heterocycles. The van der Waals surface area contributed by atoms with E-state index in [9.17, 15) is 18.0 Å². The molecule has 7 heteroatoms. The Kier molecular flexibility index (Phi) is 3.55. The first-order valence-electron chi connectivity index (χ1n) is 5.40. The fourth-order valence-corrected chi connectivity index (χ4v) is 1.50. The van der Waals surface area contributed by atoms with Gasteiger partial charge in [-0.3, -0.25) is 9.89 Å². The van der Waals surface area contributed by atoms with Gasteiger partial charge in [-0.2, -0.15) is 18.3 Å². The second kappa shape index (κ2) is 5.13. The number of hydrogen-bond donors (Lipinski definition) is 2. The number of hydrogen-bond acceptors (Lipinski definition) is 2. The second-order valence-electron chi connectivity index (χ2n) is 3.88. The van der Waals surface area contributed by atoms with Crippen LogP contribution >= 0.6 is 0 Å². The third-order valence-electron chi connectivity index (χ3n) is 2.41. The number of nitrogens with one attached hydrogen (secondary N) is 2. The van der Waals surface area contributed by atoms with Crippen molar-refractivity contribution < 1.29 is 18.0 Å². The molecule has 2 N–H and O–H groups in total. The third kappa shape index (κ3) is 3.57. The summed E-state index contributed by atoms with van der Waals surface area (Å²) < 4.78 is 37.0. The van der Waals surface area contributed by atoms with Crippen LogP contribution in [0.1, 0.15) is 11.3 Å². The van der Waals surface area contributed by atoms with E-state index in [2.05, 4.69) is 15.5 Å². The minimum Gasteiger partial charge on any atom is -0.326 e. The molecule has 2 rings (SSSR count). The summed E-state index contributed by atoms with van der Waals surface area (Å²) in [6, 6.07) is 5.92. The maximum absolute atomic E-state index is 12.3. The Bertz CT molecular complexity index is 547. The zero-order valence-electron chi connectivity index (χ0n) is 9.66. The normalized spacial score (nSPS) is 11.3. The van der Waals surface area contributed by atoms with Gasteiger partial charge in [-0.1, -0.05) is 0 Å². The van der Waals surface area contributed by atoms with E-state index in [4.69, 9.17) is 0 Å². The lowest BCUT2D eigenvalue weighted by Crippen LogP contribution is -2.15. The number of nitrogens with zero attached hydrogens (tertiary/aromatic N) is 1. The van der Waals surface area contributed by atoms with Gasteiger partial charge < -0.3 is 5.32 Å². The van der Waals surface area contributed by atoms with Gasteiger partial charge in [0.05, 0.1) is 12.0 Å². The van der Waals surface area contributed by atoms with Crippen LogP contribution < -0.4 is 5.32 Å². The summed E-state index contributed by atoms with van der Waals surface area (Å²) >= 11 is 0. The van der Waals surface area contributed by atoms with E-state index in [0.717, 1.165) is 12.1 Å². The molecule has 0 saturated carbocycles. The highest BCUT2D eigenvalue weighted by atomic mass is 19.4. The first-order valence-corrected chi connectivity index (χ1v) is 5.40. The van der Waals surface area contributed by atoms with Crippen LogP contribution in [0, 0.1) is 0 Å². The van der Waals surface area contributed by atoms with Crippen LogP contribution in [0.5, 0.6) is 0 Å². The number of aromatic nitrogens is 2. The number of anilines is 1. The number of H-pyrrole nitrogens is 1. The van der Waals surface area contributed by atoms with E-state index >= 15 is 0 Å². The molecule has 0 saturated heterocycles. The molecule has 0 aliphatic rings. The summed E-state index contributed by atoms with van der Waals surface area (Å²) in [5.41, 5.74) is 0.195. The fourth-order valence-electron chi connectivity index (χ4n) is 1.50. The predicted molar refractivity (Wildman–Crippen MR) is 62.4 cm³/mol. The number of alkyl halides is 3. The van der Waals surface area contributed by atoms with Crippen LogP contribution in [-0.2, 0) is 17.4 Å². The Morgan fingerprint density at radius 1 is 1.21 bits per heavy atom. The Morgan fingerprint density at radius 2 is 1.89 bits per heavy atom. The molecule has 1 aromatic carbocycles. The minimum absolute atomic E-state index is 0.0843. The number of carbonyl (C=O) groups is 1. The highest BCUT2D eigenvalue weighted by Crippen LogP contribution is 2.29. The zero-order valence-corrected chi connectivity index (χ0v) is 9.66. The summed E-state index contributed by atoms with van der Waals surface area (Å²) in [6.07, 6.45) is -2.78. The first-order chi connectivity index (χ1) is 8.95. The summed E-state index contributed by atoms with van der Waals surface area (Å²) in [5.74, 6) is -0.330. The molecule has 0 spiro atoms. The van der Waals surface area contributed by atoms with Gasteiger partial charge in [0.2, 0.25) is 5.91 Å². The van der Waals surface area contributed by atoms with Crippen molar-refractivity contribution in [2.45, 2.75) is 12.6 Å². The number of rotatable bonds is 3. The van der Waals surface area contributed by atoms with Gasteiger partial charge in [0.15, 0.2) is 0 Å². The van der Waals surface area contributed by atoms with Gasteiger partial charge in [0.25, 0.3) is 0 Å². The van der Waals surface area contributed by atoms with E-state index in [-0.39, 0.29) is 12.3 Å². The van der Waals surface area contributed by atoms with E-state index in [1.54, 1.807) is 6.07 Å². The van der Waals surface area contributed by atoms with Crippen molar-refractivity contribution in [2.24, 2.45) is 0 Å². The van der Waals surface area contributed by atoms with Crippen molar-refractivity contribution in [1.29, 1.82) is 0 Å². The van der Waals surface area contributed by atoms with Crippen LogP contribution in [0.2, 0.25) is 0 Å². The molecular weight excluding hydrogens is 259 g/mol. The number of aromatic amines is 1. The Morgan fingerprint density at radius 3 is 2.42 bits per heavy atom. The lowest BCUT2D eigenvalue weighted by atomic mass is 10.2. The van der Waals surface area contributed by atoms with Gasteiger partial charge in [0, 0.05) is 17.6 Å². The van der Waals surface area contributed by atoms with Crippen LogP contribution in [0.3, 0.4) is 0 Å². The third-order valence-corrected chi connectivity index (χ3v) is 2.41. The molecule has 100 valence electrons. The van der Waals surface area contributed by atoms with Crippen molar-refractivity contribution in [3.63, 3.8) is 0 Å². The van der Waals surface area contributed by atoms with Gasteiger partial charge in [-0.25, -0.2) is 0 Å². The van der Waals surface area contributed by atoms with E-state index in [1.165, 1.54) is 18.3 Å². The van der Waals surface area contributed by atoms with Crippen molar-refractivity contribution >= 4 is 11.6 Å². The van der Waals surface area contributed by atoms with E-state index in [1.807, 2.05) is 0 Å². The molecule has 0 radical (unpaired) electrons. The second-order valence-corrected chi connectivity index (χ2v) is 3.88. The SMILES string of the molecule is O=C(Cc1ccn[nH]1)Nc1ccc(C(F)(F)F)cc1. The van der Waals surface area contributed by atoms with Crippen LogP contribution in [-0.4, -0.2) is 16.1 Å². The summed E-state index contributed by atoms with van der Waals surface area (Å²) in [5, 5.41) is 8.82. The lowest BCUT2D eigenvalue weighted by Gasteiger charge is -2.08. The van der Waals surface area contributed by atoms with Crippen molar-refractivity contribution in [1.82, 2.24) is 10.2 Å². The number of halogens is 3. The number of benzene rings is 1. The number of amides is 1. The largest absolute Gasteiger partial charge is 0.416 e. The number of carbonyl (C=O) groups excluding carboxylic acids is 1. The maximum atomic E-state index is 12.3. The quantitative estimate of drug-likeness (QED) is 0.899. The Hall–Kier alpha value is -2.31. The van der Waals surface area contributed by atoms with Gasteiger partial charge in [-0.15, -0.1) is 0 Å². The topological polar surface area (TPSA) is 57.8 Å². The highest BCUT2D eigenvalue weighted by Gasteiger charge is 2.29. The van der Waals surface area contributed by atoms with Crippen molar-refractivity contribution in [3.8, 4) is 0 Å². The molecule has 1 heterocycles. The molecule has 0 fully saturated rings. The average molecular weight is 269 g/mol. The van der Waals surface area contributed by atoms with Crippen molar-refractivity contribution in [2.75, 3.05) is 5.32 Å². The fraction of sp³-hybridized carbons (Fsp3) is 0.167. The summed E-state index contributed by atoms with van der Waals surface area (Å²) in [4.78, 5) is 11.6. The molecule has 0 aliphatic carbocycles. The summed E-state index contributed by atoms with van der Waals surface area (Å²) in [6.45, 7) is 0. The van der Waals surface area contributed by atoms with Gasteiger partial charge in [0.1, 0.15) is 0 Å². The van der Waals surface area contributed by atoms with Crippen LogP contribution in [0.4, 0.5) is 18.9 Å². The molecule has 1 amide bonds. The predicted octanol–water partition coefficient (Wildman–Crippen LogP) is 2.61. The molecule has 0 atom stereocenters. The molecule has 19 heavy (non-hydrogen) atoms. The maximum Gasteiger partial charge on any atom is 0.416 e. The Labute approximate surface area is 106 Å². The Balaban J connectivity index is 1.98. The van der Waals surface area contributed by atoms with Crippen LogP contribution in [0.25, 0.3) is 0 Å². The standard InChI is InChI=1S/C12H10F3N3O/c13-12(14,15)8-1-3-9(4-2-8)17-11(19)7-10-5-6-16-18-10/h1-6H,7H2,(H,16,18)(H,17,19). The first kappa shape index (κ1) is 13.1. The molecule has 0 bridgehead atoms.